The van der Waals surface area contributed by atoms with Crippen LogP contribution in [0.4, 0.5) is 0 Å². The molecule has 1 aliphatic carbocycles. The molecule has 5 heteroatoms. The van der Waals surface area contributed by atoms with E-state index in [1.165, 1.54) is 0 Å². The molecule has 0 bridgehead atoms. The van der Waals surface area contributed by atoms with Crippen molar-refractivity contribution in [2.24, 2.45) is 0 Å². The van der Waals surface area contributed by atoms with Crippen molar-refractivity contribution < 1.29 is 15.0 Å². The molecule has 88 valence electrons. The van der Waals surface area contributed by atoms with Crippen LogP contribution < -0.4 is 5.32 Å². The molecular formula is C10H19NO3S. The van der Waals surface area contributed by atoms with E-state index in [-0.39, 0.29) is 11.9 Å². The van der Waals surface area contributed by atoms with Gasteiger partial charge >= 0.3 is 5.97 Å². The topological polar surface area (TPSA) is 69.6 Å². The summed E-state index contributed by atoms with van der Waals surface area (Å²) in [6, 6.07) is 0.00209. The zero-order chi connectivity index (χ0) is 11.3. The minimum Gasteiger partial charge on any atom is -0.480 e. The summed E-state index contributed by atoms with van der Waals surface area (Å²) in [7, 11) is 0. The summed E-state index contributed by atoms with van der Waals surface area (Å²) in [5.74, 6) is 0.0115. The lowest BCUT2D eigenvalue weighted by Crippen LogP contribution is -2.38. The molecule has 2 unspecified atom stereocenters. The molecular weight excluding hydrogens is 214 g/mol. The highest BCUT2D eigenvalue weighted by atomic mass is 32.2. The average Bonchev–Trinajstić information content (AvgIpc) is 2.99. The van der Waals surface area contributed by atoms with Gasteiger partial charge in [0.15, 0.2) is 0 Å². The van der Waals surface area contributed by atoms with Gasteiger partial charge in [-0.25, -0.2) is 0 Å². The summed E-state index contributed by atoms with van der Waals surface area (Å²) < 4.78 is 0. The zero-order valence-corrected chi connectivity index (χ0v) is 9.80. The van der Waals surface area contributed by atoms with Gasteiger partial charge in [0, 0.05) is 11.3 Å². The molecule has 0 saturated heterocycles. The summed E-state index contributed by atoms with van der Waals surface area (Å²) in [5.41, 5.74) is 0. The van der Waals surface area contributed by atoms with Crippen molar-refractivity contribution in [3.8, 4) is 0 Å². The van der Waals surface area contributed by atoms with Gasteiger partial charge < -0.3 is 15.5 Å². The minimum absolute atomic E-state index is 0.151. The molecule has 1 aliphatic rings. The predicted molar refractivity (Wildman–Crippen MR) is 61.2 cm³/mol. The van der Waals surface area contributed by atoms with Gasteiger partial charge in [-0.1, -0.05) is 6.92 Å². The zero-order valence-electron chi connectivity index (χ0n) is 8.98. The van der Waals surface area contributed by atoms with Crippen LogP contribution in [0.25, 0.3) is 0 Å². The fourth-order valence-electron chi connectivity index (χ4n) is 1.25. The number of aliphatic carboxylic acids is 1. The highest BCUT2D eigenvalue weighted by molar-refractivity contribution is 7.99. The minimum atomic E-state index is -0.765. The third-order valence-corrected chi connectivity index (χ3v) is 3.57. The lowest BCUT2D eigenvalue weighted by molar-refractivity contribution is -0.139. The molecule has 0 spiro atoms. The van der Waals surface area contributed by atoms with Gasteiger partial charge in [-0.3, -0.25) is 4.79 Å². The van der Waals surface area contributed by atoms with E-state index in [4.69, 9.17) is 10.2 Å². The van der Waals surface area contributed by atoms with Crippen molar-refractivity contribution in [3.05, 3.63) is 0 Å². The van der Waals surface area contributed by atoms with E-state index >= 15 is 0 Å². The molecule has 0 aromatic heterocycles. The smallest absolute Gasteiger partial charge is 0.320 e. The van der Waals surface area contributed by atoms with E-state index in [2.05, 4.69) is 5.32 Å². The number of hydrogen-bond acceptors (Lipinski definition) is 4. The van der Waals surface area contributed by atoms with E-state index < -0.39 is 12.0 Å². The van der Waals surface area contributed by atoms with Crippen LogP contribution in [0.5, 0.6) is 0 Å². The van der Waals surface area contributed by atoms with Crippen LogP contribution in [0.15, 0.2) is 0 Å². The van der Waals surface area contributed by atoms with Crippen LogP contribution in [0, 0.1) is 0 Å². The number of carboxylic acids is 1. The van der Waals surface area contributed by atoms with E-state index in [1.807, 2.05) is 6.92 Å². The summed E-state index contributed by atoms with van der Waals surface area (Å²) in [5, 5.41) is 21.1. The molecule has 1 saturated carbocycles. The lowest BCUT2D eigenvalue weighted by Gasteiger charge is -2.14. The Hall–Kier alpha value is -0.260. The molecule has 2 atom stereocenters. The first kappa shape index (κ1) is 12.8. The maximum Gasteiger partial charge on any atom is 0.320 e. The van der Waals surface area contributed by atoms with E-state index in [0.717, 1.165) is 18.6 Å². The predicted octanol–water partition coefficient (Wildman–Crippen LogP) is 0.696. The van der Waals surface area contributed by atoms with Crippen LogP contribution in [-0.2, 0) is 4.79 Å². The van der Waals surface area contributed by atoms with Gasteiger partial charge in [-0.2, -0.15) is 11.8 Å². The fourth-order valence-corrected chi connectivity index (χ4v) is 2.13. The molecule has 0 aliphatic heterocycles. The molecule has 0 aromatic rings. The Morgan fingerprint density at radius 2 is 2.27 bits per heavy atom. The van der Waals surface area contributed by atoms with Crippen LogP contribution in [-0.4, -0.2) is 45.9 Å². The van der Waals surface area contributed by atoms with E-state index in [9.17, 15) is 4.79 Å². The quantitative estimate of drug-likeness (QED) is 0.575. The van der Waals surface area contributed by atoms with Crippen molar-refractivity contribution in [1.82, 2.24) is 5.32 Å². The van der Waals surface area contributed by atoms with Crippen LogP contribution >= 0.6 is 11.8 Å². The Kier molecular flexibility index (Phi) is 5.42. The number of rotatable bonds is 8. The number of hydrogen-bond donors (Lipinski definition) is 3. The Morgan fingerprint density at radius 1 is 1.60 bits per heavy atom. The monoisotopic (exact) mass is 233 g/mol. The van der Waals surface area contributed by atoms with Gasteiger partial charge in [-0.05, 0) is 25.0 Å². The van der Waals surface area contributed by atoms with Crippen LogP contribution in [0.3, 0.4) is 0 Å². The average molecular weight is 233 g/mol. The maximum atomic E-state index is 10.9. The van der Waals surface area contributed by atoms with Gasteiger partial charge in [0.05, 0.1) is 6.61 Å². The van der Waals surface area contributed by atoms with Gasteiger partial charge in [0.2, 0.25) is 0 Å². The second kappa shape index (κ2) is 6.35. The Morgan fingerprint density at radius 3 is 2.73 bits per heavy atom. The Balaban J connectivity index is 2.15. The molecule has 1 rings (SSSR count). The fraction of sp³-hybridized carbons (Fsp3) is 0.900. The highest BCUT2D eigenvalue weighted by Crippen LogP contribution is 2.21. The summed E-state index contributed by atoms with van der Waals surface area (Å²) in [6.07, 6.45) is 2.83. The Labute approximate surface area is 94.4 Å². The van der Waals surface area contributed by atoms with Crippen molar-refractivity contribution >= 4 is 17.7 Å². The first-order valence-electron chi connectivity index (χ1n) is 5.34. The molecule has 15 heavy (non-hydrogen) atoms. The van der Waals surface area contributed by atoms with E-state index in [1.54, 1.807) is 11.8 Å². The summed E-state index contributed by atoms with van der Waals surface area (Å²) in [4.78, 5) is 10.9. The van der Waals surface area contributed by atoms with Gasteiger partial charge in [0.1, 0.15) is 6.04 Å². The number of aliphatic hydroxyl groups is 1. The number of carbonyl (C=O) groups is 1. The van der Waals surface area contributed by atoms with Gasteiger partial charge in [0.25, 0.3) is 0 Å². The molecule has 0 heterocycles. The SMILES string of the molecule is CC(CO)SCCC(NC1CC1)C(=O)O. The Bertz CT molecular complexity index is 209. The largest absolute Gasteiger partial charge is 0.480 e. The van der Waals surface area contributed by atoms with Crippen LogP contribution in [0.2, 0.25) is 0 Å². The standard InChI is InChI=1S/C10H19NO3S/c1-7(6-12)15-5-4-9(10(13)14)11-8-2-3-8/h7-9,11-12H,2-6H2,1H3,(H,13,14). The van der Waals surface area contributed by atoms with Crippen molar-refractivity contribution in [2.75, 3.05) is 12.4 Å². The maximum absolute atomic E-state index is 10.9. The lowest BCUT2D eigenvalue weighted by atomic mass is 10.2. The molecule has 4 nitrogen and oxygen atoms in total. The summed E-state index contributed by atoms with van der Waals surface area (Å²) >= 11 is 1.62. The molecule has 0 aromatic carbocycles. The van der Waals surface area contributed by atoms with Crippen molar-refractivity contribution in [3.63, 3.8) is 0 Å². The van der Waals surface area contributed by atoms with Crippen LogP contribution in [0.1, 0.15) is 26.2 Å². The third kappa shape index (κ3) is 5.39. The number of nitrogens with one attached hydrogen (secondary N) is 1. The van der Waals surface area contributed by atoms with Crippen molar-refractivity contribution in [1.29, 1.82) is 0 Å². The molecule has 1 fully saturated rings. The van der Waals surface area contributed by atoms with Crippen molar-refractivity contribution in [2.45, 2.75) is 43.5 Å². The number of carboxylic acid groups (broad SMARTS) is 1. The summed E-state index contributed by atoms with van der Waals surface area (Å²) in [6.45, 7) is 2.09. The number of aliphatic hydroxyl groups excluding tert-OH is 1. The second-order valence-corrected chi connectivity index (χ2v) is 5.53. The molecule has 0 radical (unpaired) electrons. The normalized spacial score (nSPS) is 19.9. The van der Waals surface area contributed by atoms with E-state index in [0.29, 0.717) is 12.5 Å². The highest BCUT2D eigenvalue weighted by Gasteiger charge is 2.27. The molecule has 0 amide bonds. The first-order valence-corrected chi connectivity index (χ1v) is 6.39. The molecule has 3 N–H and O–H groups in total. The second-order valence-electron chi connectivity index (χ2n) is 3.98. The van der Waals surface area contributed by atoms with Gasteiger partial charge in [-0.15, -0.1) is 0 Å². The third-order valence-electron chi connectivity index (χ3n) is 2.38. The first-order chi connectivity index (χ1) is 7.13. The number of thioether (sulfide) groups is 1.